The van der Waals surface area contributed by atoms with Crippen molar-refractivity contribution in [2.45, 2.75) is 152 Å². The van der Waals surface area contributed by atoms with Crippen molar-refractivity contribution in [2.24, 2.45) is 11.8 Å². The van der Waals surface area contributed by atoms with Crippen molar-refractivity contribution >= 4 is 24.0 Å². The SMILES string of the molecule is COC(=O)NC(C(=O)N1CCCC1c1ncc(-c2ccc(-c3ccc(-c4cnc(C5CCCN5C(=O)C(NC(=O)OC)C5CCCCC5)[nH]4)c4c3C3CCC4CC3)cc2)[nH]1)C1CCCCC1. The fourth-order valence-corrected chi connectivity index (χ4v) is 12.9. The molecule has 4 N–H and O–H groups in total. The summed E-state index contributed by atoms with van der Waals surface area (Å²) in [7, 11) is 2.70. The van der Waals surface area contributed by atoms with Crippen LogP contribution < -0.4 is 10.6 Å². The Morgan fingerprint density at radius 2 is 0.985 bits per heavy atom. The molecule has 2 aromatic carbocycles. The number of aromatic nitrogens is 4. The van der Waals surface area contributed by atoms with Crippen molar-refractivity contribution in [3.8, 4) is 33.6 Å². The third-order valence-electron chi connectivity index (χ3n) is 16.2. The molecular formula is C52H66N8O6. The number of nitrogens with one attached hydrogen (secondary N) is 4. The molecule has 2 aromatic heterocycles. The van der Waals surface area contributed by atoms with Crippen molar-refractivity contribution in [1.29, 1.82) is 0 Å². The van der Waals surface area contributed by atoms with Crippen molar-refractivity contribution in [1.82, 2.24) is 40.4 Å². The second-order valence-electron chi connectivity index (χ2n) is 19.9. The lowest BCUT2D eigenvalue weighted by Crippen LogP contribution is -2.52. The molecule has 4 aromatic rings. The van der Waals surface area contributed by atoms with Gasteiger partial charge in [0.05, 0.1) is 50.1 Å². The zero-order valence-corrected chi connectivity index (χ0v) is 38.6. The molecule has 14 nitrogen and oxygen atoms in total. The summed E-state index contributed by atoms with van der Waals surface area (Å²) in [5.41, 5.74) is 9.51. The van der Waals surface area contributed by atoms with E-state index in [1.165, 1.54) is 67.7 Å². The van der Waals surface area contributed by atoms with Crippen LogP contribution >= 0.6 is 0 Å². The molecule has 5 fully saturated rings. The summed E-state index contributed by atoms with van der Waals surface area (Å²) < 4.78 is 9.91. The molecular weight excluding hydrogens is 833 g/mol. The number of benzene rings is 2. The molecule has 66 heavy (non-hydrogen) atoms. The van der Waals surface area contributed by atoms with Gasteiger partial charge in [0.15, 0.2) is 0 Å². The summed E-state index contributed by atoms with van der Waals surface area (Å²) in [4.78, 5) is 74.2. The molecule has 4 amide bonds. The highest BCUT2D eigenvalue weighted by molar-refractivity contribution is 5.87. The maximum atomic E-state index is 14.3. The van der Waals surface area contributed by atoms with E-state index in [9.17, 15) is 19.2 Å². The van der Waals surface area contributed by atoms with Crippen LogP contribution in [0.15, 0.2) is 48.8 Å². The first kappa shape index (κ1) is 44.2. The van der Waals surface area contributed by atoms with Gasteiger partial charge in [-0.25, -0.2) is 19.6 Å². The van der Waals surface area contributed by atoms with E-state index in [2.05, 4.69) is 57.0 Å². The molecule has 2 aliphatic heterocycles. The molecule has 14 heteroatoms. The number of amides is 4. The van der Waals surface area contributed by atoms with Crippen LogP contribution in [0.5, 0.6) is 0 Å². The van der Waals surface area contributed by atoms with Gasteiger partial charge in [-0.15, -0.1) is 0 Å². The molecule has 0 spiro atoms. The summed E-state index contributed by atoms with van der Waals surface area (Å²) in [6.07, 6.45) is 21.1. The number of hydrogen-bond acceptors (Lipinski definition) is 8. The van der Waals surface area contributed by atoms with Gasteiger partial charge in [0.2, 0.25) is 11.8 Å². The van der Waals surface area contributed by atoms with E-state index < -0.39 is 24.3 Å². The molecule has 0 radical (unpaired) electrons. The lowest BCUT2D eigenvalue weighted by atomic mass is 9.64. The number of hydrogen-bond donors (Lipinski definition) is 4. The summed E-state index contributed by atoms with van der Waals surface area (Å²) in [6, 6.07) is 11.8. The van der Waals surface area contributed by atoms with Crippen LogP contribution in [0.1, 0.15) is 162 Å². The second-order valence-corrected chi connectivity index (χ2v) is 19.9. The predicted octanol–water partition coefficient (Wildman–Crippen LogP) is 9.83. The van der Waals surface area contributed by atoms with E-state index in [4.69, 9.17) is 19.4 Å². The topological polar surface area (TPSA) is 175 Å². The van der Waals surface area contributed by atoms with Crippen LogP contribution in [0.4, 0.5) is 9.59 Å². The van der Waals surface area contributed by atoms with Gasteiger partial charge in [0, 0.05) is 18.7 Å². The highest BCUT2D eigenvalue weighted by Crippen LogP contribution is 2.55. The van der Waals surface area contributed by atoms with Gasteiger partial charge in [0.25, 0.3) is 0 Å². The summed E-state index contributed by atoms with van der Waals surface area (Å²) >= 11 is 0. The number of aromatic amines is 2. The van der Waals surface area contributed by atoms with E-state index in [-0.39, 0.29) is 35.7 Å². The highest BCUT2D eigenvalue weighted by atomic mass is 16.5. The fourth-order valence-electron chi connectivity index (χ4n) is 12.9. The van der Waals surface area contributed by atoms with Crippen molar-refractivity contribution in [3.05, 3.63) is 71.6 Å². The number of carbonyl (C=O) groups is 4. The molecule has 7 aliphatic rings. The third-order valence-corrected chi connectivity index (χ3v) is 16.2. The molecule has 4 heterocycles. The van der Waals surface area contributed by atoms with Crippen molar-refractivity contribution in [2.75, 3.05) is 27.3 Å². The first-order chi connectivity index (χ1) is 32.3. The first-order valence-electron chi connectivity index (χ1n) is 25.0. The molecule has 4 unspecified atom stereocenters. The Hall–Kier alpha value is -5.66. The van der Waals surface area contributed by atoms with Gasteiger partial charge in [-0.05, 0) is 129 Å². The van der Waals surface area contributed by atoms with Gasteiger partial charge in [0.1, 0.15) is 23.7 Å². The van der Waals surface area contributed by atoms with Gasteiger partial charge >= 0.3 is 12.2 Å². The average molecular weight is 899 g/mol. The number of ether oxygens (including phenoxy) is 2. The minimum atomic E-state index is -0.602. The largest absolute Gasteiger partial charge is 0.453 e. The second kappa shape index (κ2) is 19.3. The molecule has 11 rings (SSSR count). The summed E-state index contributed by atoms with van der Waals surface area (Å²) in [5, 5.41) is 5.81. The fraction of sp³-hybridized carbons (Fsp3) is 0.577. The van der Waals surface area contributed by atoms with E-state index >= 15 is 0 Å². The maximum Gasteiger partial charge on any atom is 0.407 e. The number of fused-ring (bicyclic) bond motifs is 2. The number of H-pyrrole nitrogens is 2. The maximum absolute atomic E-state index is 14.3. The minimum Gasteiger partial charge on any atom is -0.453 e. The third kappa shape index (κ3) is 8.60. The molecule has 5 aliphatic carbocycles. The zero-order valence-electron chi connectivity index (χ0n) is 38.6. The van der Waals surface area contributed by atoms with Crippen molar-refractivity contribution in [3.63, 3.8) is 0 Å². The summed E-state index contributed by atoms with van der Waals surface area (Å²) in [6.45, 7) is 1.27. The number of methoxy groups -OCH3 is 2. The summed E-state index contributed by atoms with van der Waals surface area (Å²) in [5.74, 6) is 2.68. The van der Waals surface area contributed by atoms with E-state index in [1.807, 2.05) is 22.2 Å². The van der Waals surface area contributed by atoms with Gasteiger partial charge in [-0.3, -0.25) is 9.59 Å². The van der Waals surface area contributed by atoms with Gasteiger partial charge in [-0.2, -0.15) is 0 Å². The normalized spacial score (nSPS) is 24.2. The standard InChI is InChI=1S/C52H66N8O6/c1-65-51(63)57-45(35-11-5-3-6-12-35)49(61)59-27-9-15-41(59)47-53-29-39(55-47)32-19-17-31(18-20-32)37-25-26-38(44-34-23-21-33(22-24-34)43(37)44)40-30-54-48(56-40)42-16-10-28-60(42)50(62)46(58-52(64)66-2)36-13-7-4-8-14-36/h17-20,25-26,29-30,33-36,41-42,45-46H,3-16,21-24,27-28H2,1-2H3,(H,53,55)(H,54,56)(H,57,63)(H,58,64). The number of likely N-dealkylation sites (tertiary alicyclic amines) is 2. The highest BCUT2D eigenvalue weighted by Gasteiger charge is 2.42. The number of imidazole rings is 2. The molecule has 3 saturated carbocycles. The molecule has 350 valence electrons. The van der Waals surface area contributed by atoms with Gasteiger partial charge in [-0.1, -0.05) is 74.9 Å². The van der Waals surface area contributed by atoms with Crippen LogP contribution in [0.25, 0.3) is 33.6 Å². The Morgan fingerprint density at radius 3 is 1.48 bits per heavy atom. The number of rotatable bonds is 11. The van der Waals surface area contributed by atoms with Crippen LogP contribution in [-0.4, -0.2) is 93.1 Å². The monoisotopic (exact) mass is 899 g/mol. The molecule has 4 atom stereocenters. The quantitative estimate of drug-likeness (QED) is 0.115. The Morgan fingerprint density at radius 1 is 0.545 bits per heavy atom. The van der Waals surface area contributed by atoms with Crippen LogP contribution in [0.2, 0.25) is 0 Å². The van der Waals surface area contributed by atoms with E-state index in [1.54, 1.807) is 0 Å². The molecule has 2 saturated heterocycles. The number of nitrogens with zero attached hydrogens (tertiary/aromatic N) is 4. The number of carbonyl (C=O) groups excluding carboxylic acids is 4. The lowest BCUT2D eigenvalue weighted by Gasteiger charge is -2.41. The smallest absolute Gasteiger partial charge is 0.407 e. The Labute approximate surface area is 387 Å². The van der Waals surface area contributed by atoms with Crippen LogP contribution in [-0.2, 0) is 19.1 Å². The van der Waals surface area contributed by atoms with Crippen molar-refractivity contribution < 1.29 is 28.7 Å². The predicted molar refractivity (Wildman–Crippen MR) is 250 cm³/mol. The average Bonchev–Trinajstić information content (AvgIpc) is 4.23. The van der Waals surface area contributed by atoms with Gasteiger partial charge < -0.3 is 39.9 Å². The first-order valence-corrected chi connectivity index (χ1v) is 25.0. The van der Waals surface area contributed by atoms with E-state index in [0.717, 1.165) is 118 Å². The Bertz CT molecular complexity index is 2390. The minimum absolute atomic E-state index is 0.0349. The van der Waals surface area contributed by atoms with Crippen LogP contribution in [0.3, 0.4) is 0 Å². The lowest BCUT2D eigenvalue weighted by molar-refractivity contribution is -0.136. The van der Waals surface area contributed by atoms with Crippen LogP contribution in [0, 0.1) is 11.8 Å². The Kier molecular flexibility index (Phi) is 12.9. The zero-order chi connectivity index (χ0) is 45.3. The molecule has 2 bridgehead atoms. The number of alkyl carbamates (subject to hydrolysis) is 2. The Balaban J connectivity index is 0.876. The van der Waals surface area contributed by atoms with E-state index in [0.29, 0.717) is 24.9 Å².